The number of carbonyl (C=O) groups excluding carboxylic acids is 1. The maximum absolute atomic E-state index is 13.3. The third-order valence-electron chi connectivity index (χ3n) is 9.54. The molecule has 2 aliphatic heterocycles. The first-order valence-corrected chi connectivity index (χ1v) is 17.4. The Morgan fingerprint density at radius 3 is 1.43 bits per heavy atom. The van der Waals surface area contributed by atoms with E-state index in [2.05, 4.69) is 5.32 Å². The summed E-state index contributed by atoms with van der Waals surface area (Å²) in [6.45, 7) is 1.38. The standard InChI is InChI=1S/C43H43NO7/c45-42-43(46,35-24-14-5-15-25-35)41(44-42)40-39(50-29-34-22-12-4-13-23-34)38(49-28-33-20-10-3-11-21-33)37(48-27-32-18-8-2-9-19-32)36(51-40)30-47-26-31-16-6-1-7-17-31/h1-25,36-41,46H,26-30H2,(H,44,45)/t36-,37+,38+,39-,40-,41-,43-/m1/s1. The third-order valence-corrected chi connectivity index (χ3v) is 9.54. The summed E-state index contributed by atoms with van der Waals surface area (Å²) in [5, 5.41) is 15.1. The van der Waals surface area contributed by atoms with Crippen molar-refractivity contribution >= 4 is 5.91 Å². The van der Waals surface area contributed by atoms with Gasteiger partial charge in [-0.3, -0.25) is 4.79 Å². The van der Waals surface area contributed by atoms with E-state index < -0.39 is 48.1 Å². The highest BCUT2D eigenvalue weighted by Gasteiger charge is 2.63. The largest absolute Gasteiger partial charge is 0.374 e. The topological polar surface area (TPSA) is 95.5 Å². The van der Waals surface area contributed by atoms with Gasteiger partial charge in [0.05, 0.1) is 39.1 Å². The number of β-lactam (4-membered cyclic amide) rings is 1. The van der Waals surface area contributed by atoms with Crippen LogP contribution in [0.2, 0.25) is 0 Å². The first-order chi connectivity index (χ1) is 25.1. The molecule has 8 nitrogen and oxygen atoms in total. The van der Waals surface area contributed by atoms with Gasteiger partial charge in [-0.2, -0.15) is 0 Å². The molecule has 5 aromatic carbocycles. The zero-order chi connectivity index (χ0) is 34.9. The molecule has 51 heavy (non-hydrogen) atoms. The van der Waals surface area contributed by atoms with Gasteiger partial charge in [0.15, 0.2) is 5.60 Å². The fourth-order valence-corrected chi connectivity index (χ4v) is 6.84. The number of amides is 1. The van der Waals surface area contributed by atoms with Crippen LogP contribution in [0.1, 0.15) is 27.8 Å². The lowest BCUT2D eigenvalue weighted by Crippen LogP contribution is -2.78. The van der Waals surface area contributed by atoms with Crippen molar-refractivity contribution in [1.82, 2.24) is 5.32 Å². The summed E-state index contributed by atoms with van der Waals surface area (Å²) in [6.07, 6.45) is -3.56. The fraction of sp³-hybridized carbons (Fsp3) is 0.279. The minimum absolute atomic E-state index is 0.173. The van der Waals surface area contributed by atoms with Crippen LogP contribution >= 0.6 is 0 Å². The Balaban J connectivity index is 1.25. The van der Waals surface area contributed by atoms with Crippen LogP contribution in [-0.4, -0.2) is 54.2 Å². The summed E-state index contributed by atoms with van der Waals surface area (Å²) in [5.41, 5.74) is 2.60. The zero-order valence-corrected chi connectivity index (χ0v) is 28.3. The van der Waals surface area contributed by atoms with Gasteiger partial charge in [0.1, 0.15) is 30.5 Å². The van der Waals surface area contributed by atoms with Crippen molar-refractivity contribution in [2.45, 2.75) is 68.6 Å². The third kappa shape index (κ3) is 8.13. The Morgan fingerprint density at radius 1 is 0.549 bits per heavy atom. The molecule has 262 valence electrons. The maximum atomic E-state index is 13.3. The van der Waals surface area contributed by atoms with Crippen molar-refractivity contribution in [1.29, 1.82) is 0 Å². The molecule has 0 aromatic heterocycles. The van der Waals surface area contributed by atoms with Crippen LogP contribution in [0, 0.1) is 0 Å². The van der Waals surface area contributed by atoms with E-state index in [1.807, 2.05) is 127 Å². The molecule has 0 radical (unpaired) electrons. The number of carbonyl (C=O) groups is 1. The Kier molecular flexibility index (Phi) is 11.3. The van der Waals surface area contributed by atoms with Crippen molar-refractivity contribution in [3.05, 3.63) is 179 Å². The maximum Gasteiger partial charge on any atom is 0.259 e. The first-order valence-electron chi connectivity index (χ1n) is 17.4. The predicted molar refractivity (Wildman–Crippen MR) is 192 cm³/mol. The summed E-state index contributed by atoms with van der Waals surface area (Å²) in [7, 11) is 0. The van der Waals surface area contributed by atoms with Crippen molar-refractivity contribution < 1.29 is 33.6 Å². The summed E-state index contributed by atoms with van der Waals surface area (Å²) in [4.78, 5) is 13.3. The molecular formula is C43H43NO7. The van der Waals surface area contributed by atoms with E-state index in [0.717, 1.165) is 22.3 Å². The SMILES string of the molecule is O=C1N[C@H]([C@@H]2O[C@H](COCc3ccccc3)[C@H](OCc3ccccc3)[C@H](OCc3ccccc3)[C@H]2OCc2ccccc2)[C@]1(O)c1ccccc1. The average Bonchev–Trinajstić information content (AvgIpc) is 3.19. The molecule has 0 unspecified atom stereocenters. The molecule has 1 amide bonds. The van der Waals surface area contributed by atoms with Gasteiger partial charge >= 0.3 is 0 Å². The Hall–Kier alpha value is -4.67. The highest BCUT2D eigenvalue weighted by molar-refractivity contribution is 5.94. The van der Waals surface area contributed by atoms with Gasteiger partial charge < -0.3 is 34.1 Å². The lowest BCUT2D eigenvalue weighted by atomic mass is 9.73. The number of rotatable bonds is 15. The van der Waals surface area contributed by atoms with Crippen LogP contribution in [0.3, 0.4) is 0 Å². The van der Waals surface area contributed by atoms with E-state index in [4.69, 9.17) is 23.7 Å². The highest BCUT2D eigenvalue weighted by atomic mass is 16.6. The molecule has 8 heteroatoms. The second-order valence-electron chi connectivity index (χ2n) is 13.0. The van der Waals surface area contributed by atoms with Crippen molar-refractivity contribution in [3.63, 3.8) is 0 Å². The minimum Gasteiger partial charge on any atom is -0.374 e. The Morgan fingerprint density at radius 2 is 0.961 bits per heavy atom. The lowest BCUT2D eigenvalue weighted by molar-refractivity contribution is -0.289. The molecule has 7 rings (SSSR count). The van der Waals surface area contributed by atoms with Gasteiger partial charge in [0.25, 0.3) is 5.91 Å². The van der Waals surface area contributed by atoms with Gasteiger partial charge in [-0.1, -0.05) is 152 Å². The van der Waals surface area contributed by atoms with E-state index >= 15 is 0 Å². The monoisotopic (exact) mass is 685 g/mol. The molecular weight excluding hydrogens is 642 g/mol. The summed E-state index contributed by atoms with van der Waals surface area (Å²) >= 11 is 0. The van der Waals surface area contributed by atoms with Crippen molar-refractivity contribution in [2.75, 3.05) is 6.61 Å². The van der Waals surface area contributed by atoms with E-state index in [9.17, 15) is 9.90 Å². The molecule has 0 saturated carbocycles. The first kappa shape index (κ1) is 34.8. The highest BCUT2D eigenvalue weighted by Crippen LogP contribution is 2.41. The summed E-state index contributed by atoms with van der Waals surface area (Å²) in [6, 6.07) is 47.8. The second kappa shape index (κ2) is 16.6. The number of ether oxygens (including phenoxy) is 5. The van der Waals surface area contributed by atoms with Gasteiger partial charge in [-0.15, -0.1) is 0 Å². The quantitative estimate of drug-likeness (QED) is 0.128. The van der Waals surface area contributed by atoms with Crippen LogP contribution < -0.4 is 5.32 Å². The van der Waals surface area contributed by atoms with Gasteiger partial charge in [0, 0.05) is 0 Å². The molecule has 0 spiro atoms. The normalized spacial score (nSPS) is 25.9. The van der Waals surface area contributed by atoms with Crippen LogP contribution in [-0.2, 0) is 60.5 Å². The number of hydrogen-bond acceptors (Lipinski definition) is 7. The van der Waals surface area contributed by atoms with Crippen molar-refractivity contribution in [2.24, 2.45) is 0 Å². The number of benzene rings is 5. The summed E-state index contributed by atoms with van der Waals surface area (Å²) < 4.78 is 33.6. The van der Waals surface area contributed by atoms with Crippen LogP contribution in [0.4, 0.5) is 0 Å². The Bertz CT molecular complexity index is 1800. The zero-order valence-electron chi connectivity index (χ0n) is 28.3. The molecule has 7 atom stereocenters. The van der Waals surface area contributed by atoms with Crippen LogP contribution in [0.15, 0.2) is 152 Å². The molecule has 2 saturated heterocycles. The van der Waals surface area contributed by atoms with Gasteiger partial charge in [-0.25, -0.2) is 0 Å². The smallest absolute Gasteiger partial charge is 0.259 e. The van der Waals surface area contributed by atoms with Gasteiger partial charge in [-0.05, 0) is 27.8 Å². The second-order valence-corrected chi connectivity index (χ2v) is 13.0. The lowest BCUT2D eigenvalue weighted by Gasteiger charge is -2.54. The van der Waals surface area contributed by atoms with E-state index in [0.29, 0.717) is 18.8 Å². The number of nitrogens with one attached hydrogen (secondary N) is 1. The van der Waals surface area contributed by atoms with Gasteiger partial charge in [0.2, 0.25) is 0 Å². The molecule has 2 heterocycles. The molecule has 2 fully saturated rings. The molecule has 0 aliphatic carbocycles. The Labute approximate surface area is 298 Å². The minimum atomic E-state index is -1.85. The summed E-state index contributed by atoms with van der Waals surface area (Å²) in [5.74, 6) is -0.495. The molecule has 2 aliphatic rings. The predicted octanol–water partition coefficient (Wildman–Crippen LogP) is 6.11. The van der Waals surface area contributed by atoms with Crippen molar-refractivity contribution in [3.8, 4) is 0 Å². The van der Waals surface area contributed by atoms with E-state index in [-0.39, 0.29) is 19.8 Å². The average molecular weight is 686 g/mol. The molecule has 2 N–H and O–H groups in total. The van der Waals surface area contributed by atoms with Crippen LogP contribution in [0.25, 0.3) is 0 Å². The number of aliphatic hydroxyl groups is 1. The van der Waals surface area contributed by atoms with E-state index in [1.165, 1.54) is 0 Å². The van der Waals surface area contributed by atoms with Crippen LogP contribution in [0.5, 0.6) is 0 Å². The molecule has 0 bridgehead atoms. The van der Waals surface area contributed by atoms with E-state index in [1.54, 1.807) is 24.3 Å². The molecule has 5 aromatic rings. The number of hydrogen-bond donors (Lipinski definition) is 2. The fourth-order valence-electron chi connectivity index (χ4n) is 6.84.